The van der Waals surface area contributed by atoms with Crippen LogP contribution in [0.15, 0.2) is 0 Å². The van der Waals surface area contributed by atoms with Crippen LogP contribution in [0, 0.1) is 0 Å². The normalized spacial score (nSPS) is 9.06. The van der Waals surface area contributed by atoms with Crippen molar-refractivity contribution in [1.82, 2.24) is 0 Å². The maximum absolute atomic E-state index is 10.2. The minimum absolute atomic E-state index is 0. The number of aliphatic hydroxyl groups excluding tert-OH is 1. The van der Waals surface area contributed by atoms with Crippen LogP contribution in [0.25, 0.3) is 11.5 Å². The molecule has 0 aliphatic carbocycles. The summed E-state index contributed by atoms with van der Waals surface area (Å²) < 4.78 is 0. The van der Waals surface area contributed by atoms with Gasteiger partial charge in [0.25, 0.3) is 0 Å². The Bertz CT molecular complexity index is 335. The monoisotopic (exact) mass is 560 g/mol. The Morgan fingerprint density at radius 3 is 0.971 bits per heavy atom. The first-order chi connectivity index (χ1) is 15.0. The second kappa shape index (κ2) is 46.5. The molecule has 0 spiro atoms. The van der Waals surface area contributed by atoms with Crippen LogP contribution >= 0.6 is 0 Å². The largest absolute Gasteiger partial charge is 4.00 e. The number of amides is 2. The van der Waals surface area contributed by atoms with E-state index >= 15 is 0 Å². The van der Waals surface area contributed by atoms with Gasteiger partial charge in [-0.05, 0) is 32.1 Å². The van der Waals surface area contributed by atoms with Crippen molar-refractivity contribution in [2.24, 2.45) is 0 Å². The van der Waals surface area contributed by atoms with Crippen molar-refractivity contribution < 1.29 is 61.2 Å². The molecule has 0 aliphatic heterocycles. The minimum atomic E-state index is -0.413. The van der Waals surface area contributed by atoms with E-state index in [4.69, 9.17) is 16.6 Å². The molecule has 0 aliphatic rings. The van der Waals surface area contributed by atoms with Gasteiger partial charge in [0.1, 0.15) is 0 Å². The first-order valence-electron chi connectivity index (χ1n) is 13.1. The third-order valence-corrected chi connectivity index (χ3v) is 5.03. The van der Waals surface area contributed by atoms with E-state index < -0.39 is 11.8 Å². The summed E-state index contributed by atoms with van der Waals surface area (Å²) in [5.41, 5.74) is 13.4. The average Bonchev–Trinajstić information content (AvgIpc) is 2.73. The van der Waals surface area contributed by atoms with Crippen LogP contribution in [0.3, 0.4) is 0 Å². The summed E-state index contributed by atoms with van der Waals surface area (Å²) in [6, 6.07) is 0. The molecule has 0 rings (SSSR count). The zero-order valence-electron chi connectivity index (χ0n) is 22.4. The van der Waals surface area contributed by atoms with E-state index in [-0.39, 0.29) is 46.5 Å². The van der Waals surface area contributed by atoms with Crippen molar-refractivity contribution in [1.29, 1.82) is 0 Å². The predicted octanol–water partition coefficient (Wildman–Crippen LogP) is 2.98. The van der Waals surface area contributed by atoms with Crippen LogP contribution in [-0.2, 0) is 31.3 Å². The van der Waals surface area contributed by atoms with Crippen molar-refractivity contribution in [3.8, 4) is 0 Å². The van der Waals surface area contributed by atoms with Gasteiger partial charge in [0.15, 0.2) is 0 Å². The Balaban J connectivity index is -0.0000000856. The molecule has 3 N–H and O–H groups in total. The molecule has 34 heavy (non-hydrogen) atoms. The van der Waals surface area contributed by atoms with E-state index in [1.807, 2.05) is 0 Å². The van der Waals surface area contributed by atoms with Crippen LogP contribution in [-0.4, -0.2) is 23.5 Å². The molecular weight excluding hydrogens is 507 g/mol. The molecular formula is C26H54Cl2N2O3Ti. The predicted molar refractivity (Wildman–Crippen MR) is 135 cm³/mol. The zero-order valence-corrected chi connectivity index (χ0v) is 25.4. The summed E-state index contributed by atoms with van der Waals surface area (Å²) in [6.07, 6.45) is 22.6. The van der Waals surface area contributed by atoms with Crippen molar-refractivity contribution in [2.75, 3.05) is 6.61 Å². The van der Waals surface area contributed by atoms with E-state index in [2.05, 4.69) is 20.8 Å². The number of carbonyl (C=O) groups is 2. The van der Waals surface area contributed by atoms with Gasteiger partial charge in [0.2, 0.25) is 0 Å². The molecule has 0 radical (unpaired) electrons. The number of nitrogens with one attached hydrogen (secondary N) is 2. The Labute approximate surface area is 239 Å². The molecule has 0 aromatic carbocycles. The van der Waals surface area contributed by atoms with Crippen LogP contribution in [0.5, 0.6) is 0 Å². The molecule has 0 unspecified atom stereocenters. The van der Waals surface area contributed by atoms with E-state index in [1.165, 1.54) is 83.5 Å². The first kappa shape index (κ1) is 47.4. The summed E-state index contributed by atoms with van der Waals surface area (Å²) in [5.74, 6) is -0.827. The van der Waals surface area contributed by atoms with Crippen molar-refractivity contribution in [2.45, 2.75) is 149 Å². The quantitative estimate of drug-likeness (QED) is 0.183. The number of hydrogen-bond donors (Lipinski definition) is 1. The molecule has 0 fully saturated rings. The van der Waals surface area contributed by atoms with Gasteiger partial charge < -0.3 is 51.0 Å². The zero-order chi connectivity index (χ0) is 24.0. The fourth-order valence-corrected chi connectivity index (χ4v) is 3.02. The molecule has 0 saturated carbocycles. The van der Waals surface area contributed by atoms with E-state index in [9.17, 15) is 9.59 Å². The standard InChI is InChI=1S/2C10H21NO.C6H14O.2ClH.Ti/c2*1-2-3-4-5-6-7-8-9-10(11)12;1-2-3-4-5-6-7;;;/h2*2-9H2,1H3,(H2,11,12);7H,2-6H2,1H3;2*1H;/q;;;;;+4/p-4. The number of rotatable bonds is 20. The molecule has 0 heterocycles. The maximum atomic E-state index is 10.2. The van der Waals surface area contributed by atoms with Gasteiger partial charge in [0.05, 0.1) is 0 Å². The topological polar surface area (TPSA) is 102 Å². The molecule has 2 amide bonds. The number of hydrogen-bond acceptors (Lipinski definition) is 3. The van der Waals surface area contributed by atoms with E-state index in [0.29, 0.717) is 19.4 Å². The fraction of sp³-hybridized carbons (Fsp3) is 0.923. The van der Waals surface area contributed by atoms with Crippen molar-refractivity contribution in [3.63, 3.8) is 0 Å². The van der Waals surface area contributed by atoms with Gasteiger partial charge in [-0.2, -0.15) is 0 Å². The number of aliphatic hydroxyl groups is 1. The minimum Gasteiger partial charge on any atom is -1.00 e. The second-order valence-electron chi connectivity index (χ2n) is 8.37. The summed E-state index contributed by atoms with van der Waals surface area (Å²) in [5, 5.41) is 8.29. The first-order valence-corrected chi connectivity index (χ1v) is 13.1. The summed E-state index contributed by atoms with van der Waals surface area (Å²) in [7, 11) is 0. The summed E-state index contributed by atoms with van der Waals surface area (Å²) in [4.78, 5) is 20.5. The van der Waals surface area contributed by atoms with Gasteiger partial charge in [0, 0.05) is 18.4 Å². The molecule has 204 valence electrons. The molecule has 0 aromatic rings. The molecule has 0 atom stereocenters. The van der Waals surface area contributed by atoms with Gasteiger partial charge in [-0.1, -0.05) is 117 Å². The van der Waals surface area contributed by atoms with Crippen molar-refractivity contribution in [3.05, 3.63) is 11.5 Å². The van der Waals surface area contributed by atoms with Gasteiger partial charge in [-0.25, -0.2) is 0 Å². The second-order valence-corrected chi connectivity index (χ2v) is 8.37. The van der Waals surface area contributed by atoms with Gasteiger partial charge in [-0.3, -0.25) is 0 Å². The third kappa shape index (κ3) is 63.6. The molecule has 5 nitrogen and oxygen atoms in total. The Kier molecular flexibility index (Phi) is 64.9. The smallest absolute Gasteiger partial charge is 1.00 e. The van der Waals surface area contributed by atoms with Gasteiger partial charge >= 0.3 is 21.7 Å². The molecule has 8 heteroatoms. The van der Waals surface area contributed by atoms with Crippen molar-refractivity contribution >= 4 is 11.8 Å². The Morgan fingerprint density at radius 1 is 0.500 bits per heavy atom. The molecule has 0 aromatic heterocycles. The van der Waals surface area contributed by atoms with Crippen LogP contribution in [0.2, 0.25) is 0 Å². The number of halogens is 2. The Hall–Kier alpha value is 0.194. The summed E-state index contributed by atoms with van der Waals surface area (Å²) in [6.45, 7) is 6.94. The van der Waals surface area contributed by atoms with Crippen LogP contribution in [0.1, 0.15) is 149 Å². The van der Waals surface area contributed by atoms with E-state index in [1.54, 1.807) is 0 Å². The van der Waals surface area contributed by atoms with E-state index in [0.717, 1.165) is 32.1 Å². The summed E-state index contributed by atoms with van der Waals surface area (Å²) >= 11 is 0. The fourth-order valence-electron chi connectivity index (χ4n) is 3.02. The Morgan fingerprint density at radius 2 is 0.735 bits per heavy atom. The van der Waals surface area contributed by atoms with Crippen LogP contribution in [0.4, 0.5) is 0 Å². The SMILES string of the molecule is CCCCCCCCCC([NH-])=O.CCCCCCCCCC([NH-])=O.CCCCCCO.[Cl-].[Cl-].[Ti+4]. The average molecular weight is 562 g/mol. The van der Waals surface area contributed by atoms with Crippen LogP contribution < -0.4 is 24.8 Å². The number of carbonyl (C=O) groups excluding carboxylic acids is 2. The maximum Gasteiger partial charge on any atom is 4.00 e. The third-order valence-electron chi connectivity index (χ3n) is 5.03. The number of unbranched alkanes of at least 4 members (excludes halogenated alkanes) is 15. The van der Waals surface area contributed by atoms with Gasteiger partial charge in [-0.15, -0.1) is 0 Å². The molecule has 0 saturated heterocycles. The molecule has 0 bridgehead atoms.